The molecule has 1 aliphatic rings. The second-order valence-electron chi connectivity index (χ2n) is 5.67. The lowest BCUT2D eigenvalue weighted by molar-refractivity contribution is 0.478. The molecule has 0 spiro atoms. The molecule has 0 atom stereocenters. The van der Waals surface area contributed by atoms with E-state index in [1.54, 1.807) is 14.1 Å². The average Bonchev–Trinajstić information content (AvgIpc) is 3.15. The van der Waals surface area contributed by atoms with Gasteiger partial charge in [0.25, 0.3) is 5.56 Å². The highest BCUT2D eigenvalue weighted by molar-refractivity contribution is 5.69. The van der Waals surface area contributed by atoms with Crippen LogP contribution in [0.15, 0.2) is 4.79 Å². The van der Waals surface area contributed by atoms with Gasteiger partial charge in [0.1, 0.15) is 0 Å². The third kappa shape index (κ3) is 2.33. The Bertz CT molecular complexity index is 900. The Balaban J connectivity index is 1.56. The number of aromatic nitrogens is 9. The lowest BCUT2D eigenvalue weighted by Crippen LogP contribution is -2.35. The summed E-state index contributed by atoms with van der Waals surface area (Å²) in [7, 11) is 3.48. The molecule has 0 bridgehead atoms. The smallest absolute Gasteiger partial charge is 0.282 e. The van der Waals surface area contributed by atoms with Crippen LogP contribution in [0.3, 0.4) is 0 Å². The molecular weight excluding hydrogens is 300 g/mol. The van der Waals surface area contributed by atoms with Crippen LogP contribution in [0.5, 0.6) is 0 Å². The van der Waals surface area contributed by atoms with Crippen LogP contribution in [0.25, 0.3) is 11.2 Å². The number of rotatable bonds is 2. The molecule has 0 aromatic carbocycles. The topological polar surface area (TPSA) is 123 Å². The summed E-state index contributed by atoms with van der Waals surface area (Å²) < 4.78 is 1.50. The highest BCUT2D eigenvalue weighted by Gasteiger charge is 2.25. The van der Waals surface area contributed by atoms with Crippen molar-refractivity contribution >= 4 is 17.1 Å². The van der Waals surface area contributed by atoms with Gasteiger partial charge in [-0.15, -0.1) is 15.3 Å². The zero-order valence-corrected chi connectivity index (χ0v) is 12.8. The van der Waals surface area contributed by atoms with E-state index in [0.29, 0.717) is 11.6 Å². The van der Waals surface area contributed by atoms with Gasteiger partial charge in [0.15, 0.2) is 17.0 Å². The minimum absolute atomic E-state index is 0.259. The van der Waals surface area contributed by atoms with Gasteiger partial charge >= 0.3 is 0 Å². The number of piperidine rings is 1. The predicted octanol–water partition coefficient (Wildman–Crippen LogP) is -1.04. The van der Waals surface area contributed by atoms with Gasteiger partial charge in [-0.3, -0.25) is 9.78 Å². The largest absolute Gasteiger partial charge is 0.342 e. The SMILES string of the molecule is Cn1nnc(C2CCN(c3nc4c(nnn4C)c(=O)[nH]3)CC2)n1. The molecule has 0 amide bonds. The number of anilines is 1. The van der Waals surface area contributed by atoms with Crippen LogP contribution in [0, 0.1) is 0 Å². The second-order valence-corrected chi connectivity index (χ2v) is 5.67. The minimum atomic E-state index is -0.268. The number of hydrogen-bond donors (Lipinski definition) is 1. The Labute approximate surface area is 130 Å². The second kappa shape index (κ2) is 5.11. The number of nitrogens with one attached hydrogen (secondary N) is 1. The molecular formula is C12H16N10O. The molecule has 1 saturated heterocycles. The maximum atomic E-state index is 12.1. The number of aryl methyl sites for hydroxylation is 2. The maximum Gasteiger partial charge on any atom is 0.282 e. The van der Waals surface area contributed by atoms with E-state index in [9.17, 15) is 4.79 Å². The lowest BCUT2D eigenvalue weighted by atomic mass is 9.96. The number of hydrogen-bond acceptors (Lipinski definition) is 8. The van der Waals surface area contributed by atoms with Crippen LogP contribution in [-0.2, 0) is 14.1 Å². The van der Waals surface area contributed by atoms with Crippen molar-refractivity contribution < 1.29 is 0 Å². The van der Waals surface area contributed by atoms with Gasteiger partial charge in [0.2, 0.25) is 5.95 Å². The molecule has 0 saturated carbocycles. The van der Waals surface area contributed by atoms with Gasteiger partial charge in [-0.05, 0) is 18.1 Å². The summed E-state index contributed by atoms with van der Waals surface area (Å²) in [5.74, 6) is 1.62. The van der Waals surface area contributed by atoms with Crippen molar-refractivity contribution in [2.75, 3.05) is 18.0 Å². The summed E-state index contributed by atoms with van der Waals surface area (Å²) in [5.41, 5.74) is 0.479. The highest BCUT2D eigenvalue weighted by atomic mass is 16.1. The molecule has 1 aliphatic heterocycles. The van der Waals surface area contributed by atoms with Gasteiger partial charge in [-0.25, -0.2) is 4.68 Å². The Morgan fingerprint density at radius 2 is 1.91 bits per heavy atom. The van der Waals surface area contributed by atoms with E-state index in [-0.39, 0.29) is 17.0 Å². The van der Waals surface area contributed by atoms with Crippen LogP contribution in [0.1, 0.15) is 24.6 Å². The maximum absolute atomic E-state index is 12.1. The molecule has 11 heteroatoms. The Morgan fingerprint density at radius 1 is 1.13 bits per heavy atom. The molecule has 1 fully saturated rings. The van der Waals surface area contributed by atoms with Crippen LogP contribution in [0.2, 0.25) is 0 Å². The molecule has 0 unspecified atom stereocenters. The number of H-pyrrole nitrogens is 1. The van der Waals surface area contributed by atoms with Crippen molar-refractivity contribution in [2.45, 2.75) is 18.8 Å². The standard InChI is InChI=1S/C12H16N10O/c1-20-10-8(15-18-20)11(23)14-12(13-10)22-5-3-7(4-6-22)9-16-19-21(2)17-9/h7H,3-6H2,1-2H3,(H,13,14,23). The van der Waals surface area contributed by atoms with Crippen molar-refractivity contribution in [3.8, 4) is 0 Å². The van der Waals surface area contributed by atoms with E-state index >= 15 is 0 Å². The highest BCUT2D eigenvalue weighted by Crippen LogP contribution is 2.26. The van der Waals surface area contributed by atoms with E-state index in [4.69, 9.17) is 0 Å². The first kappa shape index (κ1) is 13.8. The zero-order valence-electron chi connectivity index (χ0n) is 12.8. The third-order valence-corrected chi connectivity index (χ3v) is 4.13. The monoisotopic (exact) mass is 316 g/mol. The molecule has 1 N–H and O–H groups in total. The quantitative estimate of drug-likeness (QED) is 0.636. The number of nitrogens with zero attached hydrogens (tertiary/aromatic N) is 9. The van der Waals surface area contributed by atoms with E-state index in [2.05, 4.69) is 40.6 Å². The summed E-state index contributed by atoms with van der Waals surface area (Å²) >= 11 is 0. The van der Waals surface area contributed by atoms with Gasteiger partial charge in [-0.1, -0.05) is 5.21 Å². The van der Waals surface area contributed by atoms with Crippen LogP contribution in [0.4, 0.5) is 5.95 Å². The first-order valence-corrected chi connectivity index (χ1v) is 7.40. The van der Waals surface area contributed by atoms with Gasteiger partial charge in [-0.2, -0.15) is 9.78 Å². The van der Waals surface area contributed by atoms with Gasteiger partial charge < -0.3 is 4.90 Å². The van der Waals surface area contributed by atoms with Gasteiger partial charge in [0.05, 0.1) is 7.05 Å². The van der Waals surface area contributed by atoms with Crippen molar-refractivity contribution in [2.24, 2.45) is 14.1 Å². The number of fused-ring (bicyclic) bond motifs is 1. The van der Waals surface area contributed by atoms with Gasteiger partial charge in [0, 0.05) is 26.1 Å². The molecule has 0 radical (unpaired) electrons. The minimum Gasteiger partial charge on any atom is -0.342 e. The van der Waals surface area contributed by atoms with E-state index < -0.39 is 0 Å². The average molecular weight is 316 g/mol. The predicted molar refractivity (Wildman–Crippen MR) is 79.9 cm³/mol. The van der Waals surface area contributed by atoms with Crippen molar-refractivity contribution in [1.82, 2.24) is 45.2 Å². The Kier molecular flexibility index (Phi) is 3.06. The summed E-state index contributed by atoms with van der Waals surface area (Å²) in [6.45, 7) is 1.53. The van der Waals surface area contributed by atoms with E-state index in [1.165, 1.54) is 9.48 Å². The zero-order chi connectivity index (χ0) is 16.0. The first-order valence-electron chi connectivity index (χ1n) is 7.40. The van der Waals surface area contributed by atoms with E-state index in [0.717, 1.165) is 31.8 Å². The number of tetrazole rings is 1. The normalized spacial score (nSPS) is 16.3. The first-order chi connectivity index (χ1) is 11.1. The van der Waals surface area contributed by atoms with Crippen molar-refractivity contribution in [1.29, 1.82) is 0 Å². The summed E-state index contributed by atoms with van der Waals surface area (Å²) in [4.78, 5) is 22.9. The molecule has 120 valence electrons. The molecule has 23 heavy (non-hydrogen) atoms. The van der Waals surface area contributed by atoms with Crippen LogP contribution >= 0.6 is 0 Å². The third-order valence-electron chi connectivity index (χ3n) is 4.13. The summed E-state index contributed by atoms with van der Waals surface area (Å²) in [6.07, 6.45) is 1.77. The molecule has 4 rings (SSSR count). The summed E-state index contributed by atoms with van der Waals surface area (Å²) in [5, 5.41) is 19.9. The molecule has 3 aromatic heterocycles. The Morgan fingerprint density at radius 3 is 2.61 bits per heavy atom. The molecule has 11 nitrogen and oxygen atoms in total. The molecule has 3 aromatic rings. The van der Waals surface area contributed by atoms with E-state index in [1.807, 2.05) is 0 Å². The molecule has 0 aliphatic carbocycles. The van der Waals surface area contributed by atoms with Crippen molar-refractivity contribution in [3.05, 3.63) is 16.2 Å². The lowest BCUT2D eigenvalue weighted by Gasteiger charge is -2.30. The fraction of sp³-hybridized carbons (Fsp3) is 0.583. The number of aromatic amines is 1. The van der Waals surface area contributed by atoms with Crippen LogP contribution in [-0.4, -0.2) is 58.3 Å². The fourth-order valence-electron chi connectivity index (χ4n) is 2.87. The fourth-order valence-corrected chi connectivity index (χ4v) is 2.87. The molecule has 4 heterocycles. The van der Waals surface area contributed by atoms with Crippen LogP contribution < -0.4 is 10.5 Å². The van der Waals surface area contributed by atoms with Crippen molar-refractivity contribution in [3.63, 3.8) is 0 Å². The summed E-state index contributed by atoms with van der Waals surface area (Å²) in [6, 6.07) is 0. The Hall–Kier alpha value is -2.85.